The highest BCUT2D eigenvalue weighted by atomic mass is 16.5. The van der Waals surface area contributed by atoms with E-state index in [0.29, 0.717) is 29.2 Å². The maximum Gasteiger partial charge on any atom is 0.256 e. The lowest BCUT2D eigenvalue weighted by Crippen LogP contribution is -2.04. The standard InChI is InChI=1S/C19H14N2O2/c1-2-9-23-18-6-4-3-5-14(18)11-16-15-8-7-13(12-20)10-17(15)21-19(16)22/h2-8,10-11H,1,9H2,(H,21,22). The molecule has 1 N–H and O–H groups in total. The van der Waals surface area contributed by atoms with Gasteiger partial charge in [0.15, 0.2) is 0 Å². The second-order valence-corrected chi connectivity index (χ2v) is 5.02. The number of nitrogens with zero attached hydrogens (tertiary/aromatic N) is 1. The van der Waals surface area contributed by atoms with Crippen LogP contribution in [0, 0.1) is 11.3 Å². The maximum atomic E-state index is 12.2. The van der Waals surface area contributed by atoms with Gasteiger partial charge in [-0.25, -0.2) is 0 Å². The summed E-state index contributed by atoms with van der Waals surface area (Å²) in [6.07, 6.45) is 3.47. The van der Waals surface area contributed by atoms with E-state index >= 15 is 0 Å². The van der Waals surface area contributed by atoms with Crippen molar-refractivity contribution in [3.05, 3.63) is 71.8 Å². The lowest BCUT2D eigenvalue weighted by atomic mass is 10.0. The number of nitrogens with one attached hydrogen (secondary N) is 1. The van der Waals surface area contributed by atoms with Crippen LogP contribution in [0.2, 0.25) is 0 Å². The number of hydrogen-bond donors (Lipinski definition) is 1. The highest BCUT2D eigenvalue weighted by Crippen LogP contribution is 2.35. The summed E-state index contributed by atoms with van der Waals surface area (Å²) in [5.74, 6) is 0.503. The van der Waals surface area contributed by atoms with Crippen LogP contribution in [0.3, 0.4) is 0 Å². The molecule has 2 aromatic carbocycles. The molecule has 1 heterocycles. The molecule has 0 atom stereocenters. The van der Waals surface area contributed by atoms with Gasteiger partial charge >= 0.3 is 0 Å². The van der Waals surface area contributed by atoms with E-state index in [1.54, 1.807) is 30.4 Å². The third-order valence-corrected chi connectivity index (χ3v) is 3.51. The number of amides is 1. The van der Waals surface area contributed by atoms with Gasteiger partial charge in [0.2, 0.25) is 0 Å². The molecular formula is C19H14N2O2. The Bertz CT molecular complexity index is 860. The number of anilines is 1. The molecule has 1 aliphatic rings. The maximum absolute atomic E-state index is 12.2. The van der Waals surface area contributed by atoms with Crippen molar-refractivity contribution in [2.45, 2.75) is 0 Å². The Morgan fingerprint density at radius 2 is 2.09 bits per heavy atom. The number of ether oxygens (including phenoxy) is 1. The minimum atomic E-state index is -0.186. The van der Waals surface area contributed by atoms with Crippen LogP contribution >= 0.6 is 0 Å². The van der Waals surface area contributed by atoms with Crippen molar-refractivity contribution in [2.24, 2.45) is 0 Å². The molecule has 0 spiro atoms. The van der Waals surface area contributed by atoms with E-state index in [1.165, 1.54) is 0 Å². The summed E-state index contributed by atoms with van der Waals surface area (Å²) in [4.78, 5) is 12.2. The third kappa shape index (κ3) is 2.85. The first-order chi connectivity index (χ1) is 11.2. The molecular weight excluding hydrogens is 288 g/mol. The van der Waals surface area contributed by atoms with Gasteiger partial charge in [-0.3, -0.25) is 4.79 Å². The van der Waals surface area contributed by atoms with Crippen LogP contribution in [-0.4, -0.2) is 12.5 Å². The Hall–Kier alpha value is -3.32. The molecule has 112 valence electrons. The average Bonchev–Trinajstić information content (AvgIpc) is 2.88. The molecule has 0 radical (unpaired) electrons. The molecule has 0 aromatic heterocycles. The summed E-state index contributed by atoms with van der Waals surface area (Å²) in [6.45, 7) is 4.03. The van der Waals surface area contributed by atoms with Crippen LogP contribution in [0.4, 0.5) is 5.69 Å². The fourth-order valence-electron chi connectivity index (χ4n) is 2.44. The summed E-state index contributed by atoms with van der Waals surface area (Å²) in [5.41, 5.74) is 3.33. The fourth-order valence-corrected chi connectivity index (χ4v) is 2.44. The molecule has 0 unspecified atom stereocenters. The van der Waals surface area contributed by atoms with Crippen LogP contribution in [0.15, 0.2) is 55.1 Å². The number of carbonyl (C=O) groups is 1. The van der Waals surface area contributed by atoms with Crippen LogP contribution in [0.5, 0.6) is 5.75 Å². The minimum Gasteiger partial charge on any atom is -0.489 e. The first-order valence-electron chi connectivity index (χ1n) is 7.13. The Balaban J connectivity index is 2.03. The topological polar surface area (TPSA) is 62.1 Å². The molecule has 0 fully saturated rings. The molecule has 0 aliphatic carbocycles. The molecule has 4 nitrogen and oxygen atoms in total. The van der Waals surface area contributed by atoms with Gasteiger partial charge in [-0.05, 0) is 24.3 Å². The predicted octanol–water partition coefficient (Wildman–Crippen LogP) is 3.62. The van der Waals surface area contributed by atoms with E-state index in [0.717, 1.165) is 11.1 Å². The zero-order valence-electron chi connectivity index (χ0n) is 12.4. The number of carbonyl (C=O) groups excluding carboxylic acids is 1. The fraction of sp³-hybridized carbons (Fsp3) is 0.0526. The van der Waals surface area contributed by atoms with Crippen molar-refractivity contribution in [1.29, 1.82) is 5.26 Å². The van der Waals surface area contributed by atoms with Gasteiger partial charge in [0, 0.05) is 16.7 Å². The smallest absolute Gasteiger partial charge is 0.256 e. The van der Waals surface area contributed by atoms with Crippen molar-refractivity contribution >= 4 is 23.2 Å². The van der Waals surface area contributed by atoms with Crippen molar-refractivity contribution in [2.75, 3.05) is 11.9 Å². The molecule has 23 heavy (non-hydrogen) atoms. The molecule has 0 saturated heterocycles. The zero-order valence-corrected chi connectivity index (χ0v) is 12.4. The monoisotopic (exact) mass is 302 g/mol. The summed E-state index contributed by atoms with van der Waals surface area (Å²) in [5, 5.41) is 11.7. The Morgan fingerprint density at radius 1 is 1.26 bits per heavy atom. The van der Waals surface area contributed by atoms with E-state index in [2.05, 4.69) is 18.0 Å². The first kappa shape index (κ1) is 14.6. The first-order valence-corrected chi connectivity index (χ1v) is 7.13. The summed E-state index contributed by atoms with van der Waals surface area (Å²) < 4.78 is 5.62. The van der Waals surface area contributed by atoms with Gasteiger partial charge in [0.1, 0.15) is 12.4 Å². The lowest BCUT2D eigenvalue weighted by Gasteiger charge is -2.07. The minimum absolute atomic E-state index is 0.186. The van der Waals surface area contributed by atoms with Gasteiger partial charge in [-0.2, -0.15) is 5.26 Å². The second kappa shape index (κ2) is 6.20. The van der Waals surface area contributed by atoms with Gasteiger partial charge < -0.3 is 10.1 Å². The number of para-hydroxylation sites is 1. The van der Waals surface area contributed by atoms with Gasteiger partial charge in [0.25, 0.3) is 5.91 Å². The highest BCUT2D eigenvalue weighted by Gasteiger charge is 2.24. The van der Waals surface area contributed by atoms with E-state index in [4.69, 9.17) is 10.00 Å². The highest BCUT2D eigenvalue weighted by molar-refractivity contribution is 6.35. The van der Waals surface area contributed by atoms with Crippen molar-refractivity contribution in [1.82, 2.24) is 0 Å². The SMILES string of the molecule is C=CCOc1ccccc1C=C1C(=O)Nc2cc(C#N)ccc21. The molecule has 1 aliphatic heterocycles. The molecule has 0 bridgehead atoms. The third-order valence-electron chi connectivity index (χ3n) is 3.51. The van der Waals surface area contributed by atoms with Crippen LogP contribution in [-0.2, 0) is 4.79 Å². The molecule has 3 rings (SSSR count). The Kier molecular flexibility index (Phi) is 3.94. The number of rotatable bonds is 4. The molecule has 4 heteroatoms. The summed E-state index contributed by atoms with van der Waals surface area (Å²) >= 11 is 0. The van der Waals surface area contributed by atoms with E-state index < -0.39 is 0 Å². The summed E-state index contributed by atoms with van der Waals surface area (Å²) in [6, 6.07) is 14.7. The molecule has 2 aromatic rings. The van der Waals surface area contributed by atoms with E-state index in [1.807, 2.05) is 24.3 Å². The van der Waals surface area contributed by atoms with Gasteiger partial charge in [-0.1, -0.05) is 36.9 Å². The second-order valence-electron chi connectivity index (χ2n) is 5.02. The van der Waals surface area contributed by atoms with Crippen molar-refractivity contribution < 1.29 is 9.53 Å². The van der Waals surface area contributed by atoms with Crippen LogP contribution in [0.25, 0.3) is 11.6 Å². The van der Waals surface area contributed by atoms with Crippen LogP contribution in [0.1, 0.15) is 16.7 Å². The number of fused-ring (bicyclic) bond motifs is 1. The normalized spacial score (nSPS) is 14.0. The number of hydrogen-bond acceptors (Lipinski definition) is 3. The van der Waals surface area contributed by atoms with Crippen molar-refractivity contribution in [3.63, 3.8) is 0 Å². The Labute approximate surface area is 134 Å². The average molecular weight is 302 g/mol. The van der Waals surface area contributed by atoms with Crippen LogP contribution < -0.4 is 10.1 Å². The number of nitriles is 1. The van der Waals surface area contributed by atoms with E-state index in [9.17, 15) is 4.79 Å². The molecule has 0 saturated carbocycles. The van der Waals surface area contributed by atoms with E-state index in [-0.39, 0.29) is 5.91 Å². The number of benzene rings is 2. The summed E-state index contributed by atoms with van der Waals surface area (Å²) in [7, 11) is 0. The Morgan fingerprint density at radius 3 is 2.87 bits per heavy atom. The predicted molar refractivity (Wildman–Crippen MR) is 89.8 cm³/mol. The largest absolute Gasteiger partial charge is 0.489 e. The zero-order chi connectivity index (χ0) is 16.2. The lowest BCUT2D eigenvalue weighted by molar-refractivity contribution is -0.110. The van der Waals surface area contributed by atoms with Crippen molar-refractivity contribution in [3.8, 4) is 11.8 Å². The molecule has 1 amide bonds. The van der Waals surface area contributed by atoms with Gasteiger partial charge in [-0.15, -0.1) is 0 Å². The van der Waals surface area contributed by atoms with Gasteiger partial charge in [0.05, 0.1) is 17.3 Å². The quantitative estimate of drug-likeness (QED) is 0.693.